The maximum absolute atomic E-state index is 8.67. The number of nitrogens with zero attached hydrogens (tertiary/aromatic N) is 1. The van der Waals surface area contributed by atoms with E-state index in [1.165, 1.54) is 12.8 Å². The Hall–Kier alpha value is 0.0900. The molecular weight excluding hydrogens is 204 g/mol. The van der Waals surface area contributed by atoms with Gasteiger partial charge in [0.2, 0.25) is 0 Å². The number of alkyl halides is 1. The second-order valence-corrected chi connectivity index (χ2v) is 5.00. The number of hydrogen-bond acceptors (Lipinski definition) is 3. The number of halogens is 1. The SMILES string of the molecule is CCCCC(Cl)C1NC(C#N)CS1. The molecule has 0 aromatic rings. The maximum Gasteiger partial charge on any atom is 0.105 e. The fourth-order valence-electron chi connectivity index (χ4n) is 1.33. The van der Waals surface area contributed by atoms with Crippen molar-refractivity contribution in [2.45, 2.75) is 43.0 Å². The molecular formula is C9H15ClN2S. The molecule has 1 N–H and O–H groups in total. The highest BCUT2D eigenvalue weighted by Crippen LogP contribution is 2.26. The third-order valence-electron chi connectivity index (χ3n) is 2.13. The third-order valence-corrected chi connectivity index (χ3v) is 4.09. The molecule has 0 spiro atoms. The average molecular weight is 219 g/mol. The highest BCUT2D eigenvalue weighted by Gasteiger charge is 2.28. The minimum atomic E-state index is -0.00197. The molecule has 3 unspecified atom stereocenters. The second kappa shape index (κ2) is 5.74. The highest BCUT2D eigenvalue weighted by molar-refractivity contribution is 8.00. The zero-order chi connectivity index (χ0) is 9.68. The Bertz CT molecular complexity index is 193. The number of hydrogen-bond donors (Lipinski definition) is 1. The van der Waals surface area contributed by atoms with Crippen LogP contribution in [0, 0.1) is 11.3 Å². The lowest BCUT2D eigenvalue weighted by Crippen LogP contribution is -2.34. The molecule has 0 aromatic heterocycles. The normalized spacial score (nSPS) is 29.9. The molecule has 0 aliphatic carbocycles. The fraction of sp³-hybridized carbons (Fsp3) is 0.889. The first-order valence-electron chi connectivity index (χ1n) is 4.69. The fourth-order valence-corrected chi connectivity index (χ4v) is 2.95. The lowest BCUT2D eigenvalue weighted by molar-refractivity contribution is 0.576. The third kappa shape index (κ3) is 3.38. The van der Waals surface area contributed by atoms with E-state index >= 15 is 0 Å². The molecule has 0 aromatic carbocycles. The van der Waals surface area contributed by atoms with Gasteiger partial charge in [-0.3, -0.25) is 5.32 Å². The smallest absolute Gasteiger partial charge is 0.105 e. The molecule has 1 aliphatic heterocycles. The van der Waals surface area contributed by atoms with Crippen molar-refractivity contribution < 1.29 is 0 Å². The van der Waals surface area contributed by atoms with Gasteiger partial charge in [0.15, 0.2) is 0 Å². The molecule has 0 bridgehead atoms. The summed E-state index contributed by atoms with van der Waals surface area (Å²) in [5, 5.41) is 12.3. The molecule has 3 atom stereocenters. The minimum Gasteiger partial charge on any atom is -0.288 e. The van der Waals surface area contributed by atoms with Crippen molar-refractivity contribution in [1.82, 2.24) is 5.32 Å². The van der Waals surface area contributed by atoms with Crippen molar-refractivity contribution in [2.24, 2.45) is 0 Å². The van der Waals surface area contributed by atoms with Gasteiger partial charge in [0.1, 0.15) is 6.04 Å². The lowest BCUT2D eigenvalue weighted by atomic mass is 10.2. The Balaban J connectivity index is 2.25. The van der Waals surface area contributed by atoms with Crippen LogP contribution < -0.4 is 5.32 Å². The predicted octanol–water partition coefficient (Wildman–Crippen LogP) is 2.34. The zero-order valence-corrected chi connectivity index (χ0v) is 9.37. The molecule has 1 saturated heterocycles. The van der Waals surface area contributed by atoms with Crippen LogP contribution in [0.3, 0.4) is 0 Å². The van der Waals surface area contributed by atoms with Crippen LogP contribution in [0.15, 0.2) is 0 Å². The summed E-state index contributed by atoms with van der Waals surface area (Å²) in [6.45, 7) is 2.16. The summed E-state index contributed by atoms with van der Waals surface area (Å²) in [6, 6.07) is 2.21. The molecule has 1 rings (SSSR count). The Labute approximate surface area is 89.0 Å². The molecule has 0 saturated carbocycles. The number of unbranched alkanes of at least 4 members (excludes halogenated alkanes) is 1. The summed E-state index contributed by atoms with van der Waals surface area (Å²) >= 11 is 7.96. The average Bonchev–Trinajstić information content (AvgIpc) is 2.62. The standard InChI is InChI=1S/C9H15ClN2S/c1-2-3-4-8(10)9-12-7(5-11)6-13-9/h7-9,12H,2-4,6H2,1H3. The van der Waals surface area contributed by atoms with Gasteiger partial charge in [-0.05, 0) is 6.42 Å². The lowest BCUT2D eigenvalue weighted by Gasteiger charge is -2.16. The predicted molar refractivity (Wildman–Crippen MR) is 57.9 cm³/mol. The summed E-state index contributed by atoms with van der Waals surface area (Å²) in [7, 11) is 0. The molecule has 2 nitrogen and oxygen atoms in total. The van der Waals surface area contributed by atoms with Crippen LogP contribution in [0.5, 0.6) is 0 Å². The quantitative estimate of drug-likeness (QED) is 0.736. The van der Waals surface area contributed by atoms with Gasteiger partial charge in [-0.15, -0.1) is 23.4 Å². The molecule has 13 heavy (non-hydrogen) atoms. The second-order valence-electron chi connectivity index (χ2n) is 3.26. The molecule has 1 aliphatic rings. The van der Waals surface area contributed by atoms with E-state index in [1.807, 2.05) is 0 Å². The van der Waals surface area contributed by atoms with Crippen molar-refractivity contribution in [3.05, 3.63) is 0 Å². The Morgan fingerprint density at radius 3 is 3.08 bits per heavy atom. The summed E-state index contributed by atoms with van der Waals surface area (Å²) in [5.74, 6) is 0.872. The van der Waals surface area contributed by atoms with Crippen molar-refractivity contribution in [2.75, 3.05) is 5.75 Å². The summed E-state index contributed by atoms with van der Waals surface area (Å²) < 4.78 is 0. The van der Waals surface area contributed by atoms with E-state index in [1.54, 1.807) is 11.8 Å². The van der Waals surface area contributed by atoms with Crippen LogP contribution in [0.2, 0.25) is 0 Å². The number of thioether (sulfide) groups is 1. The van der Waals surface area contributed by atoms with Crippen molar-refractivity contribution >= 4 is 23.4 Å². The Kier molecular flexibility index (Phi) is 4.93. The first-order valence-corrected chi connectivity index (χ1v) is 6.17. The largest absolute Gasteiger partial charge is 0.288 e. The van der Waals surface area contributed by atoms with Crippen LogP contribution in [0.25, 0.3) is 0 Å². The van der Waals surface area contributed by atoms with E-state index in [9.17, 15) is 0 Å². The van der Waals surface area contributed by atoms with Crippen molar-refractivity contribution in [1.29, 1.82) is 5.26 Å². The van der Waals surface area contributed by atoms with Gasteiger partial charge < -0.3 is 0 Å². The van der Waals surface area contributed by atoms with Gasteiger partial charge in [-0.1, -0.05) is 19.8 Å². The van der Waals surface area contributed by atoms with Gasteiger partial charge in [-0.25, -0.2) is 0 Å². The molecule has 74 valence electrons. The van der Waals surface area contributed by atoms with Gasteiger partial charge in [-0.2, -0.15) is 5.26 Å². The van der Waals surface area contributed by atoms with Gasteiger partial charge >= 0.3 is 0 Å². The monoisotopic (exact) mass is 218 g/mol. The minimum absolute atomic E-state index is 0.00197. The summed E-state index contributed by atoms with van der Waals surface area (Å²) in [6.07, 6.45) is 3.40. The number of rotatable bonds is 4. The Morgan fingerprint density at radius 1 is 1.77 bits per heavy atom. The summed E-state index contributed by atoms with van der Waals surface area (Å²) in [5.41, 5.74) is 0. The molecule has 0 amide bonds. The summed E-state index contributed by atoms with van der Waals surface area (Å²) in [4.78, 5) is 0. The van der Waals surface area contributed by atoms with E-state index in [0.29, 0.717) is 0 Å². The maximum atomic E-state index is 8.67. The van der Waals surface area contributed by atoms with Gasteiger partial charge in [0.05, 0.1) is 16.8 Å². The topological polar surface area (TPSA) is 35.8 Å². The van der Waals surface area contributed by atoms with Crippen LogP contribution in [-0.2, 0) is 0 Å². The van der Waals surface area contributed by atoms with Crippen LogP contribution in [0.1, 0.15) is 26.2 Å². The van der Waals surface area contributed by atoms with Crippen molar-refractivity contribution in [3.63, 3.8) is 0 Å². The van der Waals surface area contributed by atoms with Crippen molar-refractivity contribution in [3.8, 4) is 6.07 Å². The van der Waals surface area contributed by atoms with Gasteiger partial charge in [0, 0.05) is 5.75 Å². The van der Waals surface area contributed by atoms with Crippen LogP contribution in [0.4, 0.5) is 0 Å². The van der Waals surface area contributed by atoms with E-state index in [4.69, 9.17) is 16.9 Å². The Morgan fingerprint density at radius 2 is 2.54 bits per heavy atom. The first-order chi connectivity index (χ1) is 6.27. The number of nitrogens with one attached hydrogen (secondary N) is 1. The van der Waals surface area contributed by atoms with Crippen LogP contribution in [-0.4, -0.2) is 22.5 Å². The highest BCUT2D eigenvalue weighted by atomic mass is 35.5. The molecule has 4 heteroatoms. The van der Waals surface area contributed by atoms with Crippen LogP contribution >= 0.6 is 23.4 Å². The van der Waals surface area contributed by atoms with E-state index in [0.717, 1.165) is 12.2 Å². The first kappa shape index (κ1) is 11.2. The van der Waals surface area contributed by atoms with E-state index in [2.05, 4.69) is 18.3 Å². The van der Waals surface area contributed by atoms with E-state index < -0.39 is 0 Å². The molecule has 1 heterocycles. The molecule has 1 fully saturated rings. The van der Waals surface area contributed by atoms with Gasteiger partial charge in [0.25, 0.3) is 0 Å². The molecule has 0 radical (unpaired) electrons. The van der Waals surface area contributed by atoms with E-state index in [-0.39, 0.29) is 16.8 Å². The zero-order valence-electron chi connectivity index (χ0n) is 7.79. The number of nitriles is 1.